The van der Waals surface area contributed by atoms with Crippen LogP contribution in [0.2, 0.25) is 5.02 Å². The number of methoxy groups -OCH3 is 1. The molecule has 1 aromatic heterocycles. The van der Waals surface area contributed by atoms with Gasteiger partial charge in [0.15, 0.2) is 0 Å². The first-order valence-corrected chi connectivity index (χ1v) is 9.12. The van der Waals surface area contributed by atoms with E-state index in [-0.39, 0.29) is 11.6 Å². The lowest BCUT2D eigenvalue weighted by atomic mass is 10.1. The highest BCUT2D eigenvalue weighted by Crippen LogP contribution is 2.28. The smallest absolute Gasteiger partial charge is 0.274 e. The molecule has 6 nitrogen and oxygen atoms in total. The number of hydrogen-bond acceptors (Lipinski definition) is 5. The van der Waals surface area contributed by atoms with E-state index in [4.69, 9.17) is 16.3 Å². The molecule has 0 aliphatic heterocycles. The van der Waals surface area contributed by atoms with Crippen molar-refractivity contribution in [1.82, 2.24) is 9.97 Å². The second kappa shape index (κ2) is 8.71. The van der Waals surface area contributed by atoms with Crippen LogP contribution in [0.4, 0.5) is 11.5 Å². The van der Waals surface area contributed by atoms with Crippen LogP contribution in [0.5, 0.6) is 5.75 Å². The van der Waals surface area contributed by atoms with Gasteiger partial charge < -0.3 is 15.4 Å². The molecule has 7 heteroatoms. The van der Waals surface area contributed by atoms with Gasteiger partial charge in [-0.1, -0.05) is 41.4 Å². The van der Waals surface area contributed by atoms with Crippen LogP contribution in [0.15, 0.2) is 48.5 Å². The number of ether oxygens (including phenoxy) is 1. The number of hydrogen-bond donors (Lipinski definition) is 2. The maximum absolute atomic E-state index is 12.7. The minimum atomic E-state index is -0.371. The molecule has 0 radical (unpaired) electrons. The normalized spacial score (nSPS) is 10.4. The van der Waals surface area contributed by atoms with E-state index in [1.54, 1.807) is 31.2 Å². The van der Waals surface area contributed by atoms with Crippen molar-refractivity contribution < 1.29 is 9.53 Å². The number of rotatable bonds is 6. The van der Waals surface area contributed by atoms with Crippen molar-refractivity contribution in [3.05, 3.63) is 76.2 Å². The Kier molecular flexibility index (Phi) is 6.11. The van der Waals surface area contributed by atoms with Crippen LogP contribution in [0.25, 0.3) is 0 Å². The Bertz CT molecular complexity index is 990. The molecule has 2 N–H and O–H groups in total. The number of benzene rings is 2. The highest BCUT2D eigenvalue weighted by atomic mass is 35.5. The van der Waals surface area contributed by atoms with Gasteiger partial charge in [-0.25, -0.2) is 9.97 Å². The molecule has 0 fully saturated rings. The van der Waals surface area contributed by atoms with Gasteiger partial charge >= 0.3 is 0 Å². The first-order chi connectivity index (χ1) is 13.4. The number of halogens is 1. The van der Waals surface area contributed by atoms with Gasteiger partial charge in [0.1, 0.15) is 23.1 Å². The Morgan fingerprint density at radius 2 is 1.82 bits per heavy atom. The third-order valence-corrected chi connectivity index (χ3v) is 4.31. The summed E-state index contributed by atoms with van der Waals surface area (Å²) in [4.78, 5) is 21.3. The number of anilines is 2. The molecule has 0 spiro atoms. The molecule has 0 bridgehead atoms. The van der Waals surface area contributed by atoms with Gasteiger partial charge in [-0.05, 0) is 37.6 Å². The number of nitrogens with one attached hydrogen (secondary N) is 2. The van der Waals surface area contributed by atoms with E-state index in [2.05, 4.69) is 44.9 Å². The fraction of sp³-hybridized carbons (Fsp3) is 0.190. The highest BCUT2D eigenvalue weighted by molar-refractivity contribution is 6.31. The predicted octanol–water partition coefficient (Wildman–Crippen LogP) is 4.62. The van der Waals surface area contributed by atoms with Crippen molar-refractivity contribution in [2.24, 2.45) is 0 Å². The number of nitrogens with zero attached hydrogens (tertiary/aromatic N) is 2. The maximum atomic E-state index is 12.7. The number of carbonyl (C=O) groups excluding carboxylic acids is 1. The Hall–Kier alpha value is -3.12. The lowest BCUT2D eigenvalue weighted by Crippen LogP contribution is -2.16. The maximum Gasteiger partial charge on any atom is 0.274 e. The van der Waals surface area contributed by atoms with Crippen LogP contribution in [0.1, 0.15) is 27.4 Å². The van der Waals surface area contributed by atoms with E-state index in [1.807, 2.05) is 6.92 Å². The van der Waals surface area contributed by atoms with Gasteiger partial charge in [0.25, 0.3) is 5.91 Å². The Morgan fingerprint density at radius 1 is 1.07 bits per heavy atom. The van der Waals surface area contributed by atoms with Crippen LogP contribution >= 0.6 is 11.6 Å². The number of aryl methyl sites for hydroxylation is 2. The lowest BCUT2D eigenvalue weighted by Gasteiger charge is -2.12. The van der Waals surface area contributed by atoms with Crippen molar-refractivity contribution in [3.8, 4) is 5.75 Å². The van der Waals surface area contributed by atoms with Crippen molar-refractivity contribution in [2.45, 2.75) is 20.4 Å². The van der Waals surface area contributed by atoms with E-state index in [0.29, 0.717) is 34.6 Å². The topological polar surface area (TPSA) is 76.1 Å². The third-order valence-electron chi connectivity index (χ3n) is 4.07. The van der Waals surface area contributed by atoms with Gasteiger partial charge in [-0.2, -0.15) is 0 Å². The molecule has 0 saturated heterocycles. The van der Waals surface area contributed by atoms with Crippen LogP contribution < -0.4 is 15.4 Å². The minimum Gasteiger partial charge on any atom is -0.495 e. The third kappa shape index (κ3) is 4.98. The molecule has 0 unspecified atom stereocenters. The minimum absolute atomic E-state index is 0.251. The standard InChI is InChI=1S/C21H21ClN4O2/c1-13-4-6-15(7-5-13)12-23-20-11-18(24-14(2)25-20)21(27)26-17-10-16(22)8-9-19(17)28-3/h4-11H,12H2,1-3H3,(H,26,27)(H,23,24,25). The molecule has 0 aliphatic rings. The summed E-state index contributed by atoms with van der Waals surface area (Å²) in [5.41, 5.74) is 3.06. The molecule has 1 amide bonds. The second-order valence-corrected chi connectivity index (χ2v) is 6.76. The summed E-state index contributed by atoms with van der Waals surface area (Å²) < 4.78 is 5.26. The zero-order chi connectivity index (χ0) is 20.1. The van der Waals surface area contributed by atoms with Gasteiger partial charge in [0.05, 0.1) is 12.8 Å². The van der Waals surface area contributed by atoms with Crippen LogP contribution in [-0.4, -0.2) is 23.0 Å². The Balaban J connectivity index is 1.76. The van der Waals surface area contributed by atoms with Crippen molar-refractivity contribution >= 4 is 29.0 Å². The predicted molar refractivity (Wildman–Crippen MR) is 111 cm³/mol. The Morgan fingerprint density at radius 3 is 2.54 bits per heavy atom. The zero-order valence-electron chi connectivity index (χ0n) is 15.9. The fourth-order valence-electron chi connectivity index (χ4n) is 2.64. The molecule has 0 aliphatic carbocycles. The molecule has 0 saturated carbocycles. The molecular weight excluding hydrogens is 376 g/mol. The average Bonchev–Trinajstić information content (AvgIpc) is 2.67. The summed E-state index contributed by atoms with van der Waals surface area (Å²) in [6, 6.07) is 14.8. The highest BCUT2D eigenvalue weighted by Gasteiger charge is 2.14. The number of aromatic nitrogens is 2. The summed E-state index contributed by atoms with van der Waals surface area (Å²) in [7, 11) is 1.53. The molecule has 2 aromatic carbocycles. The SMILES string of the molecule is COc1ccc(Cl)cc1NC(=O)c1cc(NCc2ccc(C)cc2)nc(C)n1. The first kappa shape index (κ1) is 19.6. The van der Waals surface area contributed by atoms with Crippen LogP contribution in [-0.2, 0) is 6.54 Å². The zero-order valence-corrected chi connectivity index (χ0v) is 16.7. The first-order valence-electron chi connectivity index (χ1n) is 8.74. The van der Waals surface area contributed by atoms with Crippen molar-refractivity contribution in [1.29, 1.82) is 0 Å². The monoisotopic (exact) mass is 396 g/mol. The van der Waals surface area contributed by atoms with E-state index in [9.17, 15) is 4.79 Å². The van der Waals surface area contributed by atoms with Gasteiger partial charge in [-0.3, -0.25) is 4.79 Å². The van der Waals surface area contributed by atoms with Crippen molar-refractivity contribution in [2.75, 3.05) is 17.7 Å². The molecule has 28 heavy (non-hydrogen) atoms. The van der Waals surface area contributed by atoms with E-state index in [0.717, 1.165) is 5.56 Å². The molecule has 144 valence electrons. The fourth-order valence-corrected chi connectivity index (χ4v) is 2.81. The molecule has 3 aromatic rings. The summed E-state index contributed by atoms with van der Waals surface area (Å²) in [5, 5.41) is 6.52. The average molecular weight is 397 g/mol. The van der Waals surface area contributed by atoms with Crippen LogP contribution in [0, 0.1) is 13.8 Å². The number of amides is 1. The summed E-state index contributed by atoms with van der Waals surface area (Å²) >= 11 is 6.02. The van der Waals surface area contributed by atoms with Crippen LogP contribution in [0.3, 0.4) is 0 Å². The second-order valence-electron chi connectivity index (χ2n) is 6.32. The largest absolute Gasteiger partial charge is 0.495 e. The summed E-state index contributed by atoms with van der Waals surface area (Å²) in [5.74, 6) is 1.22. The van der Waals surface area contributed by atoms with E-state index >= 15 is 0 Å². The molecule has 1 heterocycles. The van der Waals surface area contributed by atoms with Crippen molar-refractivity contribution in [3.63, 3.8) is 0 Å². The summed E-state index contributed by atoms with van der Waals surface area (Å²) in [6.45, 7) is 4.39. The molecule has 0 atom stereocenters. The van der Waals surface area contributed by atoms with Gasteiger partial charge in [-0.15, -0.1) is 0 Å². The molecule has 3 rings (SSSR count). The van der Waals surface area contributed by atoms with Gasteiger partial charge in [0.2, 0.25) is 0 Å². The molecular formula is C21H21ClN4O2. The van der Waals surface area contributed by atoms with Gasteiger partial charge in [0, 0.05) is 17.6 Å². The summed E-state index contributed by atoms with van der Waals surface area (Å²) in [6.07, 6.45) is 0. The Labute approximate surface area is 168 Å². The lowest BCUT2D eigenvalue weighted by molar-refractivity contribution is 0.102. The number of carbonyl (C=O) groups is 1. The quantitative estimate of drug-likeness (QED) is 0.635. The van der Waals surface area contributed by atoms with E-state index in [1.165, 1.54) is 12.7 Å². The van der Waals surface area contributed by atoms with E-state index < -0.39 is 0 Å².